The lowest BCUT2D eigenvalue weighted by Gasteiger charge is -2.34. The summed E-state index contributed by atoms with van der Waals surface area (Å²) in [6.45, 7) is 6.45. The number of piperidine rings is 1. The molecule has 0 saturated carbocycles. The monoisotopic (exact) mass is 325 g/mol. The minimum absolute atomic E-state index is 0. The van der Waals surface area contributed by atoms with Gasteiger partial charge in [-0.15, -0.1) is 12.4 Å². The van der Waals surface area contributed by atoms with Crippen molar-refractivity contribution in [3.63, 3.8) is 0 Å². The van der Waals surface area contributed by atoms with E-state index in [1.54, 1.807) is 0 Å². The lowest BCUT2D eigenvalue weighted by Crippen LogP contribution is -2.47. The summed E-state index contributed by atoms with van der Waals surface area (Å²) in [5.74, 6) is 0.130. The molecule has 22 heavy (non-hydrogen) atoms. The van der Waals surface area contributed by atoms with Crippen LogP contribution in [0.2, 0.25) is 0 Å². The Bertz CT molecular complexity index is 421. The van der Waals surface area contributed by atoms with Crippen molar-refractivity contribution in [3.8, 4) is 0 Å². The van der Waals surface area contributed by atoms with Gasteiger partial charge in [0.15, 0.2) is 0 Å². The van der Waals surface area contributed by atoms with Crippen molar-refractivity contribution in [2.75, 3.05) is 26.2 Å². The molecule has 0 aromatic heterocycles. The van der Waals surface area contributed by atoms with Crippen LogP contribution in [0.25, 0.3) is 0 Å². The summed E-state index contributed by atoms with van der Waals surface area (Å²) in [7, 11) is 0. The zero-order chi connectivity index (χ0) is 14.9. The Morgan fingerprint density at radius 3 is 2.59 bits per heavy atom. The molecule has 1 fully saturated rings. The Kier molecular flexibility index (Phi) is 9.13. The van der Waals surface area contributed by atoms with Gasteiger partial charge in [-0.3, -0.25) is 9.69 Å². The molecule has 5 heteroatoms. The first-order valence-corrected chi connectivity index (χ1v) is 8.05. The van der Waals surface area contributed by atoms with Gasteiger partial charge < -0.3 is 10.6 Å². The van der Waals surface area contributed by atoms with Crippen LogP contribution in [0, 0.1) is 0 Å². The highest BCUT2D eigenvalue weighted by molar-refractivity contribution is 5.85. The summed E-state index contributed by atoms with van der Waals surface area (Å²) in [6, 6.07) is 10.6. The molecule has 0 radical (unpaired) electrons. The van der Waals surface area contributed by atoms with Gasteiger partial charge in [0.05, 0.1) is 6.54 Å². The van der Waals surface area contributed by atoms with Gasteiger partial charge in [0.2, 0.25) is 5.91 Å². The van der Waals surface area contributed by atoms with E-state index in [2.05, 4.69) is 22.5 Å². The summed E-state index contributed by atoms with van der Waals surface area (Å²) in [5, 5.41) is 6.42. The standard InChI is InChI=1S/C17H27N3O.ClH/c1-2-12-20(16-8-10-18-11-9-16)14-17(21)19-13-15-6-4-3-5-7-15;/h3-7,16,18H,2,8-14H2,1H3,(H,19,21);1H. The summed E-state index contributed by atoms with van der Waals surface area (Å²) in [4.78, 5) is 14.5. The average Bonchev–Trinajstić information content (AvgIpc) is 2.54. The molecule has 4 nitrogen and oxygen atoms in total. The van der Waals surface area contributed by atoms with E-state index in [0.29, 0.717) is 19.1 Å². The van der Waals surface area contributed by atoms with E-state index < -0.39 is 0 Å². The number of hydrogen-bond donors (Lipinski definition) is 2. The molecule has 1 heterocycles. The number of carbonyl (C=O) groups is 1. The van der Waals surface area contributed by atoms with E-state index in [1.807, 2.05) is 30.3 Å². The molecule has 1 aliphatic heterocycles. The van der Waals surface area contributed by atoms with Crippen LogP contribution in [-0.4, -0.2) is 43.0 Å². The Labute approximate surface area is 140 Å². The maximum atomic E-state index is 12.2. The van der Waals surface area contributed by atoms with Crippen molar-refractivity contribution in [1.29, 1.82) is 0 Å². The molecule has 2 rings (SSSR count). The van der Waals surface area contributed by atoms with Gasteiger partial charge >= 0.3 is 0 Å². The van der Waals surface area contributed by atoms with E-state index in [-0.39, 0.29) is 18.3 Å². The zero-order valence-corrected chi connectivity index (χ0v) is 14.2. The van der Waals surface area contributed by atoms with Crippen LogP contribution in [0.15, 0.2) is 30.3 Å². The third kappa shape index (κ3) is 6.34. The number of rotatable bonds is 7. The number of amides is 1. The Balaban J connectivity index is 0.00000242. The predicted molar refractivity (Wildman–Crippen MR) is 93.3 cm³/mol. The lowest BCUT2D eigenvalue weighted by molar-refractivity contribution is -0.123. The van der Waals surface area contributed by atoms with Gasteiger partial charge in [0, 0.05) is 12.6 Å². The molecule has 1 aliphatic rings. The van der Waals surface area contributed by atoms with Crippen LogP contribution >= 0.6 is 12.4 Å². The minimum Gasteiger partial charge on any atom is -0.351 e. The van der Waals surface area contributed by atoms with Gasteiger partial charge in [-0.05, 0) is 44.5 Å². The fourth-order valence-electron chi connectivity index (χ4n) is 2.89. The van der Waals surface area contributed by atoms with Gasteiger partial charge in [0.1, 0.15) is 0 Å². The van der Waals surface area contributed by atoms with Crippen molar-refractivity contribution in [2.45, 2.75) is 38.8 Å². The van der Waals surface area contributed by atoms with Crippen molar-refractivity contribution in [2.24, 2.45) is 0 Å². The van der Waals surface area contributed by atoms with Crippen LogP contribution in [0.4, 0.5) is 0 Å². The normalized spacial score (nSPS) is 15.4. The molecule has 1 aromatic carbocycles. The Morgan fingerprint density at radius 2 is 1.95 bits per heavy atom. The van der Waals surface area contributed by atoms with Crippen LogP contribution in [0.3, 0.4) is 0 Å². The molecule has 1 amide bonds. The van der Waals surface area contributed by atoms with Gasteiger partial charge in [0.25, 0.3) is 0 Å². The van der Waals surface area contributed by atoms with E-state index in [0.717, 1.165) is 44.5 Å². The fourth-order valence-corrected chi connectivity index (χ4v) is 2.89. The number of carbonyl (C=O) groups excluding carboxylic acids is 1. The Hall–Kier alpha value is -1.10. The predicted octanol–water partition coefficient (Wildman–Crippen LogP) is 2.19. The van der Waals surface area contributed by atoms with Crippen LogP contribution in [0.5, 0.6) is 0 Å². The fraction of sp³-hybridized carbons (Fsp3) is 0.588. The molecular weight excluding hydrogens is 298 g/mol. The van der Waals surface area contributed by atoms with Gasteiger partial charge in [-0.25, -0.2) is 0 Å². The van der Waals surface area contributed by atoms with Crippen LogP contribution < -0.4 is 10.6 Å². The van der Waals surface area contributed by atoms with Crippen molar-refractivity contribution in [1.82, 2.24) is 15.5 Å². The lowest BCUT2D eigenvalue weighted by atomic mass is 10.0. The highest BCUT2D eigenvalue weighted by Crippen LogP contribution is 2.12. The van der Waals surface area contributed by atoms with Crippen LogP contribution in [0.1, 0.15) is 31.7 Å². The average molecular weight is 326 g/mol. The van der Waals surface area contributed by atoms with E-state index in [9.17, 15) is 4.79 Å². The third-order valence-corrected chi connectivity index (χ3v) is 4.02. The quantitative estimate of drug-likeness (QED) is 0.807. The maximum Gasteiger partial charge on any atom is 0.234 e. The number of hydrogen-bond acceptors (Lipinski definition) is 3. The molecule has 1 saturated heterocycles. The first-order chi connectivity index (χ1) is 10.3. The molecule has 0 bridgehead atoms. The number of halogens is 1. The second kappa shape index (κ2) is 10.6. The molecule has 0 atom stereocenters. The molecular formula is C17H28ClN3O. The van der Waals surface area contributed by atoms with Crippen LogP contribution in [-0.2, 0) is 11.3 Å². The second-order valence-corrected chi connectivity index (χ2v) is 5.71. The molecule has 124 valence electrons. The first-order valence-electron chi connectivity index (χ1n) is 8.05. The summed E-state index contributed by atoms with van der Waals surface area (Å²) in [6.07, 6.45) is 3.38. The number of nitrogens with zero attached hydrogens (tertiary/aromatic N) is 1. The SMILES string of the molecule is CCCN(CC(=O)NCc1ccccc1)C1CCNCC1.Cl. The minimum atomic E-state index is 0. The topological polar surface area (TPSA) is 44.4 Å². The molecule has 0 spiro atoms. The third-order valence-electron chi connectivity index (χ3n) is 4.02. The van der Waals surface area contributed by atoms with Gasteiger partial charge in [-0.2, -0.15) is 0 Å². The van der Waals surface area contributed by atoms with E-state index >= 15 is 0 Å². The largest absolute Gasteiger partial charge is 0.351 e. The molecule has 1 aromatic rings. The molecule has 0 unspecified atom stereocenters. The number of benzene rings is 1. The highest BCUT2D eigenvalue weighted by Gasteiger charge is 2.22. The first kappa shape index (κ1) is 18.9. The van der Waals surface area contributed by atoms with E-state index in [4.69, 9.17) is 0 Å². The highest BCUT2D eigenvalue weighted by atomic mass is 35.5. The molecule has 2 N–H and O–H groups in total. The van der Waals surface area contributed by atoms with Crippen molar-refractivity contribution < 1.29 is 4.79 Å². The zero-order valence-electron chi connectivity index (χ0n) is 13.4. The molecule has 0 aliphatic carbocycles. The summed E-state index contributed by atoms with van der Waals surface area (Å²) >= 11 is 0. The van der Waals surface area contributed by atoms with E-state index in [1.165, 1.54) is 0 Å². The van der Waals surface area contributed by atoms with Crippen molar-refractivity contribution >= 4 is 18.3 Å². The summed E-state index contributed by atoms with van der Waals surface area (Å²) in [5.41, 5.74) is 1.15. The smallest absolute Gasteiger partial charge is 0.234 e. The van der Waals surface area contributed by atoms with Crippen molar-refractivity contribution in [3.05, 3.63) is 35.9 Å². The summed E-state index contributed by atoms with van der Waals surface area (Å²) < 4.78 is 0. The maximum absolute atomic E-state index is 12.2. The Morgan fingerprint density at radius 1 is 1.27 bits per heavy atom. The van der Waals surface area contributed by atoms with Gasteiger partial charge in [-0.1, -0.05) is 37.3 Å². The number of nitrogens with one attached hydrogen (secondary N) is 2. The second-order valence-electron chi connectivity index (χ2n) is 5.71.